The molecule has 0 aromatic carbocycles. The van der Waals surface area contributed by atoms with Crippen LogP contribution in [-0.2, 0) is 6.54 Å². The van der Waals surface area contributed by atoms with Crippen molar-refractivity contribution >= 4 is 5.82 Å². The van der Waals surface area contributed by atoms with Gasteiger partial charge in [0.25, 0.3) is 0 Å². The predicted molar refractivity (Wildman–Crippen MR) is 78.9 cm³/mol. The molecule has 0 aliphatic carbocycles. The van der Waals surface area contributed by atoms with Crippen LogP contribution >= 0.6 is 0 Å². The Morgan fingerprint density at radius 1 is 1.28 bits per heavy atom. The number of hydrogen-bond acceptors (Lipinski definition) is 3. The van der Waals surface area contributed by atoms with Gasteiger partial charge >= 0.3 is 0 Å². The zero-order valence-corrected chi connectivity index (χ0v) is 12.4. The normalized spacial score (nSPS) is 12.8. The first-order valence-electron chi connectivity index (χ1n) is 6.95. The van der Waals surface area contributed by atoms with Gasteiger partial charge in [-0.3, -0.25) is 0 Å². The number of rotatable bonds is 7. The average Bonchev–Trinajstić information content (AvgIpc) is 2.37. The maximum absolute atomic E-state index is 4.71. The van der Waals surface area contributed by atoms with Gasteiger partial charge in [-0.1, -0.05) is 26.8 Å². The summed E-state index contributed by atoms with van der Waals surface area (Å²) in [5.74, 6) is 1.69. The zero-order chi connectivity index (χ0) is 13.5. The molecule has 1 rings (SSSR count). The van der Waals surface area contributed by atoms with Crippen molar-refractivity contribution < 1.29 is 0 Å². The predicted octanol–water partition coefficient (Wildman–Crippen LogP) is 3.06. The van der Waals surface area contributed by atoms with Crippen molar-refractivity contribution in [2.75, 3.05) is 18.5 Å². The second kappa shape index (κ2) is 7.37. The molecule has 0 radical (unpaired) electrons. The molecule has 18 heavy (non-hydrogen) atoms. The van der Waals surface area contributed by atoms with Crippen molar-refractivity contribution in [1.82, 2.24) is 10.3 Å². The summed E-state index contributed by atoms with van der Waals surface area (Å²) >= 11 is 0. The fourth-order valence-corrected chi connectivity index (χ4v) is 1.81. The molecule has 1 N–H and O–H groups in total. The molecule has 102 valence electrons. The van der Waals surface area contributed by atoms with Crippen molar-refractivity contribution in [3.63, 3.8) is 0 Å². The molecule has 1 heterocycles. The van der Waals surface area contributed by atoms with Crippen molar-refractivity contribution in [3.05, 3.63) is 23.9 Å². The van der Waals surface area contributed by atoms with Crippen LogP contribution in [0.1, 0.15) is 39.8 Å². The van der Waals surface area contributed by atoms with E-state index in [1.54, 1.807) is 0 Å². The highest BCUT2D eigenvalue weighted by molar-refractivity contribution is 5.39. The molecule has 0 spiro atoms. The molecule has 1 aromatic heterocycles. The number of pyridine rings is 1. The Kier molecular flexibility index (Phi) is 6.13. The van der Waals surface area contributed by atoms with Gasteiger partial charge in [0.15, 0.2) is 0 Å². The van der Waals surface area contributed by atoms with Gasteiger partial charge in [-0.25, -0.2) is 4.98 Å². The van der Waals surface area contributed by atoms with Crippen LogP contribution in [0.15, 0.2) is 18.2 Å². The minimum absolute atomic E-state index is 0.497. The van der Waals surface area contributed by atoms with Crippen LogP contribution in [0, 0.1) is 5.92 Å². The zero-order valence-electron chi connectivity index (χ0n) is 12.4. The Labute approximate surface area is 112 Å². The van der Waals surface area contributed by atoms with Gasteiger partial charge in [-0.15, -0.1) is 0 Å². The number of anilines is 1. The SMILES string of the molecule is CCCNCc1cccc(N(C)C(C)C(C)C)n1. The van der Waals surface area contributed by atoms with E-state index in [-0.39, 0.29) is 0 Å². The average molecular weight is 249 g/mol. The number of nitrogens with zero attached hydrogens (tertiary/aromatic N) is 2. The molecule has 0 saturated heterocycles. The van der Waals surface area contributed by atoms with Crippen LogP contribution in [0.4, 0.5) is 5.82 Å². The van der Waals surface area contributed by atoms with E-state index in [0.29, 0.717) is 12.0 Å². The first kappa shape index (κ1) is 15.0. The fourth-order valence-electron chi connectivity index (χ4n) is 1.81. The smallest absolute Gasteiger partial charge is 0.128 e. The lowest BCUT2D eigenvalue weighted by Crippen LogP contribution is -2.34. The van der Waals surface area contributed by atoms with Crippen LogP contribution in [0.3, 0.4) is 0 Å². The Morgan fingerprint density at radius 2 is 2.00 bits per heavy atom. The molecule has 3 heteroatoms. The Balaban J connectivity index is 2.69. The van der Waals surface area contributed by atoms with Gasteiger partial charge in [0.05, 0.1) is 5.69 Å². The summed E-state index contributed by atoms with van der Waals surface area (Å²) in [7, 11) is 2.12. The summed E-state index contributed by atoms with van der Waals surface area (Å²) in [6, 6.07) is 6.76. The monoisotopic (exact) mass is 249 g/mol. The Bertz CT molecular complexity index is 349. The van der Waals surface area contributed by atoms with Gasteiger partial charge in [0, 0.05) is 19.6 Å². The second-order valence-corrected chi connectivity index (χ2v) is 5.26. The maximum Gasteiger partial charge on any atom is 0.128 e. The van der Waals surface area contributed by atoms with E-state index >= 15 is 0 Å². The van der Waals surface area contributed by atoms with Crippen LogP contribution in [0.5, 0.6) is 0 Å². The number of hydrogen-bond donors (Lipinski definition) is 1. The molecule has 3 nitrogen and oxygen atoms in total. The summed E-state index contributed by atoms with van der Waals surface area (Å²) in [6.07, 6.45) is 1.16. The van der Waals surface area contributed by atoms with Gasteiger partial charge < -0.3 is 10.2 Å². The summed E-state index contributed by atoms with van der Waals surface area (Å²) < 4.78 is 0. The van der Waals surface area contributed by atoms with E-state index in [9.17, 15) is 0 Å². The Morgan fingerprint density at radius 3 is 2.61 bits per heavy atom. The molecule has 1 atom stereocenters. The largest absolute Gasteiger partial charge is 0.357 e. The molecule has 0 aliphatic heterocycles. The van der Waals surface area contributed by atoms with Gasteiger partial charge in [-0.05, 0) is 37.9 Å². The number of aromatic nitrogens is 1. The molecule has 0 bridgehead atoms. The summed E-state index contributed by atoms with van der Waals surface area (Å²) in [5.41, 5.74) is 1.11. The van der Waals surface area contributed by atoms with E-state index < -0.39 is 0 Å². The molecule has 0 saturated carbocycles. The third-order valence-electron chi connectivity index (χ3n) is 3.46. The quantitative estimate of drug-likeness (QED) is 0.753. The number of nitrogens with one attached hydrogen (secondary N) is 1. The van der Waals surface area contributed by atoms with Crippen LogP contribution in [-0.4, -0.2) is 24.6 Å². The van der Waals surface area contributed by atoms with Crippen molar-refractivity contribution in [2.45, 2.75) is 46.7 Å². The molecule has 0 amide bonds. The first-order valence-corrected chi connectivity index (χ1v) is 6.95. The molecule has 1 unspecified atom stereocenters. The van der Waals surface area contributed by atoms with Gasteiger partial charge in [0.2, 0.25) is 0 Å². The van der Waals surface area contributed by atoms with Crippen molar-refractivity contribution in [1.29, 1.82) is 0 Å². The highest BCUT2D eigenvalue weighted by Gasteiger charge is 2.14. The topological polar surface area (TPSA) is 28.2 Å². The molecule has 1 aromatic rings. The summed E-state index contributed by atoms with van der Waals surface area (Å²) in [6.45, 7) is 10.8. The van der Waals surface area contributed by atoms with Crippen molar-refractivity contribution in [2.24, 2.45) is 5.92 Å². The lowest BCUT2D eigenvalue weighted by atomic mass is 10.1. The third-order valence-corrected chi connectivity index (χ3v) is 3.46. The molecular formula is C15H27N3. The van der Waals surface area contributed by atoms with Gasteiger partial charge in [0.1, 0.15) is 5.82 Å². The lowest BCUT2D eigenvalue weighted by Gasteiger charge is -2.29. The minimum atomic E-state index is 0.497. The van der Waals surface area contributed by atoms with Crippen LogP contribution in [0.2, 0.25) is 0 Å². The standard InChI is InChI=1S/C15H27N3/c1-6-10-16-11-14-8-7-9-15(17-14)18(5)13(4)12(2)3/h7-9,12-13,16H,6,10-11H2,1-5H3. The highest BCUT2D eigenvalue weighted by atomic mass is 15.2. The summed E-state index contributed by atoms with van der Waals surface area (Å²) in [4.78, 5) is 6.97. The van der Waals surface area contributed by atoms with E-state index in [1.165, 1.54) is 0 Å². The highest BCUT2D eigenvalue weighted by Crippen LogP contribution is 2.17. The maximum atomic E-state index is 4.71. The van der Waals surface area contributed by atoms with Crippen LogP contribution in [0.25, 0.3) is 0 Å². The molecule has 0 aliphatic rings. The molecule has 0 fully saturated rings. The fraction of sp³-hybridized carbons (Fsp3) is 0.667. The summed E-state index contributed by atoms with van der Waals surface area (Å²) in [5, 5.41) is 3.39. The lowest BCUT2D eigenvalue weighted by molar-refractivity contribution is 0.502. The van der Waals surface area contributed by atoms with Crippen LogP contribution < -0.4 is 10.2 Å². The second-order valence-electron chi connectivity index (χ2n) is 5.26. The van der Waals surface area contributed by atoms with Gasteiger partial charge in [-0.2, -0.15) is 0 Å². The van der Waals surface area contributed by atoms with E-state index in [0.717, 1.165) is 31.0 Å². The van der Waals surface area contributed by atoms with E-state index in [1.807, 2.05) is 0 Å². The van der Waals surface area contributed by atoms with E-state index in [2.05, 4.69) is 63.2 Å². The Hall–Kier alpha value is -1.09. The third kappa shape index (κ3) is 4.30. The molecular weight excluding hydrogens is 222 g/mol. The first-order chi connectivity index (χ1) is 8.56. The van der Waals surface area contributed by atoms with E-state index in [4.69, 9.17) is 4.98 Å². The minimum Gasteiger partial charge on any atom is -0.357 e. The van der Waals surface area contributed by atoms with Crippen molar-refractivity contribution in [3.8, 4) is 0 Å².